The third kappa shape index (κ3) is 2.94. The fraction of sp³-hybridized carbons (Fsp3) is 0.500. The van der Waals surface area contributed by atoms with E-state index in [1.807, 2.05) is 4.57 Å². The molecule has 17 heavy (non-hydrogen) atoms. The molecule has 0 unspecified atom stereocenters. The van der Waals surface area contributed by atoms with Crippen LogP contribution in [-0.2, 0) is 11.3 Å². The molecule has 1 aliphatic rings. The summed E-state index contributed by atoms with van der Waals surface area (Å²) in [5, 5.41) is 0. The van der Waals surface area contributed by atoms with Gasteiger partial charge < -0.3 is 15.0 Å². The Morgan fingerprint density at radius 1 is 1.47 bits per heavy atom. The van der Waals surface area contributed by atoms with Gasteiger partial charge in [0, 0.05) is 38.2 Å². The highest BCUT2D eigenvalue weighted by Crippen LogP contribution is 2.16. The number of pyridine rings is 1. The molecule has 0 aliphatic carbocycles. The minimum atomic E-state index is -0.670. The summed E-state index contributed by atoms with van der Waals surface area (Å²) in [6.45, 7) is 2.37. The van der Waals surface area contributed by atoms with Crippen molar-refractivity contribution in [3.05, 3.63) is 34.2 Å². The first kappa shape index (κ1) is 11.9. The van der Waals surface area contributed by atoms with Crippen molar-refractivity contribution < 1.29 is 9.53 Å². The van der Waals surface area contributed by atoms with E-state index in [0.717, 1.165) is 32.6 Å². The predicted octanol–water partition coefficient (Wildman–Crippen LogP) is 0.374. The van der Waals surface area contributed by atoms with Crippen molar-refractivity contribution >= 4 is 5.91 Å². The molecule has 2 N–H and O–H groups in total. The maximum Gasteiger partial charge on any atom is 0.254 e. The molecule has 2 heterocycles. The Labute approximate surface area is 99.2 Å². The Morgan fingerprint density at radius 2 is 2.18 bits per heavy atom. The second kappa shape index (κ2) is 5.14. The molecule has 1 aromatic rings. The van der Waals surface area contributed by atoms with E-state index in [0.29, 0.717) is 5.92 Å². The molecular formula is C12H16N2O3. The van der Waals surface area contributed by atoms with Gasteiger partial charge in [0.25, 0.3) is 5.91 Å². The zero-order chi connectivity index (χ0) is 12.3. The zero-order valence-corrected chi connectivity index (χ0v) is 9.59. The van der Waals surface area contributed by atoms with E-state index in [-0.39, 0.29) is 11.0 Å². The first-order chi connectivity index (χ1) is 8.16. The summed E-state index contributed by atoms with van der Waals surface area (Å²) >= 11 is 0. The molecule has 0 radical (unpaired) electrons. The number of carbonyl (C=O) groups is 1. The number of nitrogens with two attached hydrogens (primary N) is 1. The second-order valence-electron chi connectivity index (χ2n) is 4.34. The Hall–Kier alpha value is -1.62. The number of nitrogens with zero attached hydrogens (tertiary/aromatic N) is 1. The molecule has 0 bridgehead atoms. The highest BCUT2D eigenvalue weighted by atomic mass is 16.5. The average molecular weight is 236 g/mol. The number of rotatable bonds is 3. The van der Waals surface area contributed by atoms with E-state index in [2.05, 4.69) is 0 Å². The number of primary amides is 1. The summed E-state index contributed by atoms with van der Waals surface area (Å²) in [5.74, 6) is -0.136. The van der Waals surface area contributed by atoms with Crippen LogP contribution in [-0.4, -0.2) is 23.7 Å². The molecule has 5 nitrogen and oxygen atoms in total. The maximum atomic E-state index is 11.4. The van der Waals surface area contributed by atoms with E-state index >= 15 is 0 Å². The molecule has 92 valence electrons. The SMILES string of the molecule is NC(=O)c1cn(CC2CCOCC2)ccc1=O. The third-order valence-corrected chi connectivity index (χ3v) is 3.05. The average Bonchev–Trinajstić information content (AvgIpc) is 2.32. The zero-order valence-electron chi connectivity index (χ0n) is 9.59. The Kier molecular flexibility index (Phi) is 3.58. The Morgan fingerprint density at radius 3 is 2.82 bits per heavy atom. The molecule has 0 atom stereocenters. The molecule has 1 aliphatic heterocycles. The number of carbonyl (C=O) groups excluding carboxylic acids is 1. The van der Waals surface area contributed by atoms with Crippen LogP contribution in [0.3, 0.4) is 0 Å². The minimum Gasteiger partial charge on any atom is -0.381 e. The lowest BCUT2D eigenvalue weighted by atomic mass is 10.0. The lowest BCUT2D eigenvalue weighted by Crippen LogP contribution is -2.25. The van der Waals surface area contributed by atoms with E-state index in [4.69, 9.17) is 10.5 Å². The van der Waals surface area contributed by atoms with Gasteiger partial charge in [-0.25, -0.2) is 0 Å². The van der Waals surface area contributed by atoms with Crippen molar-refractivity contribution in [2.45, 2.75) is 19.4 Å². The van der Waals surface area contributed by atoms with Gasteiger partial charge in [-0.15, -0.1) is 0 Å². The molecule has 0 spiro atoms. The molecule has 1 amide bonds. The minimum absolute atomic E-state index is 0.0551. The summed E-state index contributed by atoms with van der Waals surface area (Å²) in [6.07, 6.45) is 5.26. The smallest absolute Gasteiger partial charge is 0.254 e. The Balaban J connectivity index is 2.13. The van der Waals surface area contributed by atoms with Gasteiger partial charge in [0.2, 0.25) is 0 Å². The van der Waals surface area contributed by atoms with Crippen molar-refractivity contribution in [2.75, 3.05) is 13.2 Å². The van der Waals surface area contributed by atoms with Crippen LogP contribution in [0.1, 0.15) is 23.2 Å². The largest absolute Gasteiger partial charge is 0.381 e. The Bertz CT molecular complexity index is 461. The van der Waals surface area contributed by atoms with E-state index in [9.17, 15) is 9.59 Å². The number of hydrogen-bond donors (Lipinski definition) is 1. The van der Waals surface area contributed by atoms with Gasteiger partial charge in [0.15, 0.2) is 5.43 Å². The van der Waals surface area contributed by atoms with Crippen LogP contribution >= 0.6 is 0 Å². The predicted molar refractivity (Wildman–Crippen MR) is 62.8 cm³/mol. The number of amides is 1. The van der Waals surface area contributed by atoms with Crippen LogP contribution in [0, 0.1) is 5.92 Å². The van der Waals surface area contributed by atoms with Crippen LogP contribution in [0.15, 0.2) is 23.3 Å². The van der Waals surface area contributed by atoms with Crippen molar-refractivity contribution in [3.8, 4) is 0 Å². The van der Waals surface area contributed by atoms with Gasteiger partial charge in [0.05, 0.1) is 0 Å². The van der Waals surface area contributed by atoms with Crippen molar-refractivity contribution in [1.82, 2.24) is 4.57 Å². The van der Waals surface area contributed by atoms with E-state index in [1.54, 1.807) is 12.4 Å². The van der Waals surface area contributed by atoms with Crippen LogP contribution in [0.4, 0.5) is 0 Å². The summed E-state index contributed by atoms with van der Waals surface area (Å²) in [7, 11) is 0. The van der Waals surface area contributed by atoms with Crippen molar-refractivity contribution in [2.24, 2.45) is 11.7 Å². The normalized spacial score (nSPS) is 16.9. The van der Waals surface area contributed by atoms with Gasteiger partial charge in [0.1, 0.15) is 5.56 Å². The molecule has 0 saturated carbocycles. The van der Waals surface area contributed by atoms with E-state index < -0.39 is 5.91 Å². The fourth-order valence-corrected chi connectivity index (χ4v) is 2.05. The molecule has 2 rings (SSSR count). The molecule has 5 heteroatoms. The van der Waals surface area contributed by atoms with Crippen LogP contribution in [0.5, 0.6) is 0 Å². The van der Waals surface area contributed by atoms with Gasteiger partial charge in [-0.1, -0.05) is 0 Å². The quantitative estimate of drug-likeness (QED) is 0.824. The monoisotopic (exact) mass is 236 g/mol. The highest BCUT2D eigenvalue weighted by Gasteiger charge is 2.14. The molecular weight excluding hydrogens is 220 g/mol. The number of hydrogen-bond acceptors (Lipinski definition) is 3. The summed E-state index contributed by atoms with van der Waals surface area (Å²) in [5.41, 5.74) is 4.88. The molecule has 1 fully saturated rings. The lowest BCUT2D eigenvalue weighted by molar-refractivity contribution is 0.0611. The standard InChI is InChI=1S/C12H16N2O3/c13-12(16)10-8-14(4-1-11(10)15)7-9-2-5-17-6-3-9/h1,4,8-9H,2-3,5-7H2,(H2,13,16). The van der Waals surface area contributed by atoms with Crippen molar-refractivity contribution in [3.63, 3.8) is 0 Å². The first-order valence-corrected chi connectivity index (χ1v) is 5.74. The number of ether oxygens (including phenoxy) is 1. The lowest BCUT2D eigenvalue weighted by Gasteiger charge is -2.23. The van der Waals surface area contributed by atoms with Crippen LogP contribution in [0.2, 0.25) is 0 Å². The summed E-state index contributed by atoms with van der Waals surface area (Å²) in [4.78, 5) is 22.4. The van der Waals surface area contributed by atoms with Gasteiger partial charge in [-0.05, 0) is 18.8 Å². The molecule has 1 aromatic heterocycles. The first-order valence-electron chi connectivity index (χ1n) is 5.74. The van der Waals surface area contributed by atoms with Crippen LogP contribution in [0.25, 0.3) is 0 Å². The van der Waals surface area contributed by atoms with Crippen molar-refractivity contribution in [1.29, 1.82) is 0 Å². The summed E-state index contributed by atoms with van der Waals surface area (Å²) in [6, 6.07) is 1.39. The topological polar surface area (TPSA) is 74.3 Å². The second-order valence-corrected chi connectivity index (χ2v) is 4.34. The fourth-order valence-electron chi connectivity index (χ4n) is 2.05. The van der Waals surface area contributed by atoms with E-state index in [1.165, 1.54) is 6.07 Å². The number of aromatic nitrogens is 1. The summed E-state index contributed by atoms with van der Waals surface area (Å²) < 4.78 is 7.14. The van der Waals surface area contributed by atoms with Crippen LogP contribution < -0.4 is 11.2 Å². The van der Waals surface area contributed by atoms with Gasteiger partial charge in [-0.3, -0.25) is 9.59 Å². The molecule has 0 aromatic carbocycles. The highest BCUT2D eigenvalue weighted by molar-refractivity contribution is 5.92. The van der Waals surface area contributed by atoms with Gasteiger partial charge in [-0.2, -0.15) is 0 Å². The maximum absolute atomic E-state index is 11.4. The molecule has 1 saturated heterocycles. The third-order valence-electron chi connectivity index (χ3n) is 3.05. The van der Waals surface area contributed by atoms with Gasteiger partial charge >= 0.3 is 0 Å².